The second-order valence-electron chi connectivity index (χ2n) is 7.19. The van der Waals surface area contributed by atoms with Crippen LogP contribution in [0.5, 0.6) is 0 Å². The topological polar surface area (TPSA) is 92.5 Å². The molecule has 7 heteroatoms. The lowest BCUT2D eigenvalue weighted by atomic mass is 9.86. The van der Waals surface area contributed by atoms with Crippen molar-refractivity contribution < 1.29 is 18.9 Å². The van der Waals surface area contributed by atoms with Gasteiger partial charge in [-0.2, -0.15) is 0 Å². The minimum absolute atomic E-state index is 0.0417. The first-order chi connectivity index (χ1) is 12.1. The van der Waals surface area contributed by atoms with E-state index in [2.05, 4.69) is 31.2 Å². The molecule has 0 atom stereocenters. The number of nitrogens with zero attached hydrogens (tertiary/aromatic N) is 2. The van der Waals surface area contributed by atoms with E-state index in [1.165, 1.54) is 7.05 Å². The Kier molecular flexibility index (Phi) is 5.59. The first-order valence-corrected chi connectivity index (χ1v) is 8.21. The number of likely N-dealkylation sites (N-methyl/N-ethyl adjacent to an activating group) is 1. The number of benzene rings is 1. The average molecular weight is 357 g/mol. The Labute approximate surface area is 152 Å². The fourth-order valence-electron chi connectivity index (χ4n) is 2.31. The van der Waals surface area contributed by atoms with E-state index in [1.54, 1.807) is 25.1 Å². The maximum Gasteiger partial charge on any atom is 0.295 e. The van der Waals surface area contributed by atoms with Gasteiger partial charge in [0, 0.05) is 18.7 Å². The molecule has 0 fully saturated rings. The summed E-state index contributed by atoms with van der Waals surface area (Å²) in [5.41, 5.74) is 1.32. The molecule has 0 saturated carbocycles. The van der Waals surface area contributed by atoms with Gasteiger partial charge in [-0.15, -0.1) is 0 Å². The zero-order chi connectivity index (χ0) is 19.5. The molecule has 1 N–H and O–H groups in total. The van der Waals surface area contributed by atoms with E-state index >= 15 is 0 Å². The Morgan fingerprint density at radius 3 is 2.27 bits per heavy atom. The average Bonchev–Trinajstić information content (AvgIpc) is 2.97. The number of carbonyl (C=O) groups excluding carboxylic acids is 3. The zero-order valence-electron chi connectivity index (χ0n) is 15.6. The summed E-state index contributed by atoms with van der Waals surface area (Å²) in [5.74, 6) is -1.06. The molecule has 2 aromatic rings. The van der Waals surface area contributed by atoms with Gasteiger partial charge in [-0.25, -0.2) is 0 Å². The minimum atomic E-state index is -0.750. The van der Waals surface area contributed by atoms with Crippen LogP contribution < -0.4 is 5.32 Å². The smallest absolute Gasteiger partial charge is 0.295 e. The molecule has 0 radical (unpaired) electrons. The molecule has 0 unspecified atom stereocenters. The van der Waals surface area contributed by atoms with Gasteiger partial charge in [0.2, 0.25) is 11.7 Å². The number of hydrogen-bond donors (Lipinski definition) is 1. The van der Waals surface area contributed by atoms with Gasteiger partial charge in [-0.05, 0) is 17.9 Å². The lowest BCUT2D eigenvalue weighted by Crippen LogP contribution is -2.39. The number of rotatable bonds is 5. The highest BCUT2D eigenvalue weighted by Gasteiger charge is 2.23. The SMILES string of the molecule is Cc1cc(NC(=O)CN(C)C(=O)C(=O)c2ccc(C(C)(C)C)cc2)no1. The molecular formula is C19H23N3O4. The third-order valence-corrected chi connectivity index (χ3v) is 3.83. The molecule has 26 heavy (non-hydrogen) atoms. The highest BCUT2D eigenvalue weighted by molar-refractivity contribution is 6.42. The van der Waals surface area contributed by atoms with Crippen molar-refractivity contribution in [3.63, 3.8) is 0 Å². The number of nitrogens with one attached hydrogen (secondary N) is 1. The van der Waals surface area contributed by atoms with Crippen LogP contribution in [0.3, 0.4) is 0 Å². The van der Waals surface area contributed by atoms with Crippen LogP contribution in [0, 0.1) is 6.92 Å². The molecule has 1 aromatic carbocycles. The summed E-state index contributed by atoms with van der Waals surface area (Å²) >= 11 is 0. The van der Waals surface area contributed by atoms with Gasteiger partial charge in [0.05, 0.1) is 0 Å². The monoisotopic (exact) mass is 357 g/mol. The fourth-order valence-corrected chi connectivity index (χ4v) is 2.31. The third kappa shape index (κ3) is 4.78. The summed E-state index contributed by atoms with van der Waals surface area (Å²) in [6.45, 7) is 7.63. The van der Waals surface area contributed by atoms with Crippen molar-refractivity contribution in [1.82, 2.24) is 10.1 Å². The van der Waals surface area contributed by atoms with Crippen LogP contribution in [-0.4, -0.2) is 41.2 Å². The summed E-state index contributed by atoms with van der Waals surface area (Å²) in [5, 5.41) is 6.14. The van der Waals surface area contributed by atoms with E-state index < -0.39 is 17.6 Å². The van der Waals surface area contributed by atoms with E-state index in [-0.39, 0.29) is 17.8 Å². The second-order valence-corrected chi connectivity index (χ2v) is 7.19. The molecule has 0 aliphatic carbocycles. The van der Waals surface area contributed by atoms with E-state index in [9.17, 15) is 14.4 Å². The predicted molar refractivity (Wildman–Crippen MR) is 97.0 cm³/mol. The van der Waals surface area contributed by atoms with Crippen molar-refractivity contribution in [3.8, 4) is 0 Å². The number of ketones is 1. The van der Waals surface area contributed by atoms with Crippen molar-refractivity contribution >= 4 is 23.4 Å². The molecule has 7 nitrogen and oxygen atoms in total. The molecule has 0 aliphatic rings. The van der Waals surface area contributed by atoms with E-state index in [4.69, 9.17) is 4.52 Å². The van der Waals surface area contributed by atoms with Gasteiger partial charge in [0.15, 0.2) is 5.82 Å². The summed E-state index contributed by atoms with van der Waals surface area (Å²) in [6, 6.07) is 8.49. The number of carbonyl (C=O) groups is 3. The van der Waals surface area contributed by atoms with Crippen LogP contribution in [0.15, 0.2) is 34.9 Å². The number of hydrogen-bond acceptors (Lipinski definition) is 5. The lowest BCUT2D eigenvalue weighted by Gasteiger charge is -2.19. The maximum atomic E-state index is 12.3. The second kappa shape index (κ2) is 7.51. The maximum absolute atomic E-state index is 12.3. The van der Waals surface area contributed by atoms with Gasteiger partial charge < -0.3 is 14.7 Å². The fraction of sp³-hybridized carbons (Fsp3) is 0.368. The van der Waals surface area contributed by atoms with Crippen molar-refractivity contribution in [2.45, 2.75) is 33.1 Å². The number of amides is 2. The van der Waals surface area contributed by atoms with Gasteiger partial charge in [-0.3, -0.25) is 14.4 Å². The normalized spacial score (nSPS) is 11.1. The minimum Gasteiger partial charge on any atom is -0.360 e. The van der Waals surface area contributed by atoms with Gasteiger partial charge in [-0.1, -0.05) is 50.2 Å². The van der Waals surface area contributed by atoms with E-state index in [1.807, 2.05) is 12.1 Å². The Hall–Kier alpha value is -2.96. The summed E-state index contributed by atoms with van der Waals surface area (Å²) in [7, 11) is 1.40. The van der Waals surface area contributed by atoms with E-state index in [0.29, 0.717) is 11.3 Å². The molecule has 0 bridgehead atoms. The van der Waals surface area contributed by atoms with Crippen molar-refractivity contribution in [3.05, 3.63) is 47.2 Å². The first-order valence-electron chi connectivity index (χ1n) is 8.21. The summed E-state index contributed by atoms with van der Waals surface area (Å²) in [6.07, 6.45) is 0. The van der Waals surface area contributed by atoms with Crippen LogP contribution >= 0.6 is 0 Å². The highest BCUT2D eigenvalue weighted by atomic mass is 16.5. The molecule has 2 rings (SSSR count). The van der Waals surface area contributed by atoms with E-state index in [0.717, 1.165) is 10.5 Å². The lowest BCUT2D eigenvalue weighted by molar-refractivity contribution is -0.129. The molecule has 0 saturated heterocycles. The Morgan fingerprint density at radius 1 is 1.15 bits per heavy atom. The number of Topliss-reactive ketones (excluding diaryl/α,β-unsaturated/α-hetero) is 1. The van der Waals surface area contributed by atoms with Crippen molar-refractivity contribution in [1.29, 1.82) is 0 Å². The third-order valence-electron chi connectivity index (χ3n) is 3.83. The van der Waals surface area contributed by atoms with Crippen LogP contribution in [0.2, 0.25) is 0 Å². The van der Waals surface area contributed by atoms with Crippen LogP contribution in [0.25, 0.3) is 0 Å². The van der Waals surface area contributed by atoms with Crippen molar-refractivity contribution in [2.75, 3.05) is 18.9 Å². The van der Waals surface area contributed by atoms with Gasteiger partial charge in [0.25, 0.3) is 5.91 Å². The Morgan fingerprint density at radius 2 is 1.77 bits per heavy atom. The molecule has 1 aromatic heterocycles. The molecule has 1 heterocycles. The predicted octanol–water partition coefficient (Wildman–Crippen LogP) is 2.56. The zero-order valence-corrected chi connectivity index (χ0v) is 15.6. The Bertz CT molecular complexity index is 816. The molecular weight excluding hydrogens is 334 g/mol. The quantitative estimate of drug-likeness (QED) is 0.656. The highest BCUT2D eigenvalue weighted by Crippen LogP contribution is 2.22. The number of aromatic nitrogens is 1. The molecule has 138 valence electrons. The summed E-state index contributed by atoms with van der Waals surface area (Å²) in [4.78, 5) is 37.6. The largest absolute Gasteiger partial charge is 0.360 e. The van der Waals surface area contributed by atoms with Gasteiger partial charge in [0.1, 0.15) is 12.3 Å². The van der Waals surface area contributed by atoms with Crippen LogP contribution in [-0.2, 0) is 15.0 Å². The molecule has 0 spiro atoms. The molecule has 0 aliphatic heterocycles. The van der Waals surface area contributed by atoms with Gasteiger partial charge >= 0.3 is 0 Å². The first kappa shape index (κ1) is 19.4. The van der Waals surface area contributed by atoms with Crippen LogP contribution in [0.4, 0.5) is 5.82 Å². The molecule has 2 amide bonds. The van der Waals surface area contributed by atoms with Crippen LogP contribution in [0.1, 0.15) is 42.5 Å². The number of anilines is 1. The summed E-state index contributed by atoms with van der Waals surface area (Å²) < 4.78 is 4.85. The number of aryl methyl sites for hydroxylation is 1. The van der Waals surface area contributed by atoms with Crippen molar-refractivity contribution in [2.24, 2.45) is 0 Å². The Balaban J connectivity index is 1.98. The standard InChI is InChI=1S/C19H23N3O4/c1-12-10-15(21-26-12)20-16(23)11-22(5)18(25)17(24)13-6-8-14(9-7-13)19(2,3)4/h6-10H,11H2,1-5H3,(H,20,21,23).